The molecule has 10 aromatic rings. The van der Waals surface area contributed by atoms with E-state index in [2.05, 4.69) is 162 Å². The first-order chi connectivity index (χ1) is 25.3. The molecule has 4 nitrogen and oxygen atoms in total. The van der Waals surface area contributed by atoms with E-state index in [4.69, 9.17) is 15.0 Å². The van der Waals surface area contributed by atoms with Gasteiger partial charge >= 0.3 is 0 Å². The van der Waals surface area contributed by atoms with Crippen LogP contribution in [0.2, 0.25) is 0 Å². The fourth-order valence-corrected chi connectivity index (χ4v) is 7.38. The van der Waals surface area contributed by atoms with E-state index in [0.717, 1.165) is 38.7 Å². The third-order valence-electron chi connectivity index (χ3n) is 9.84. The van der Waals surface area contributed by atoms with Crippen LogP contribution in [0.15, 0.2) is 182 Å². The van der Waals surface area contributed by atoms with Gasteiger partial charge in [0.05, 0.1) is 16.7 Å². The maximum atomic E-state index is 5.15. The molecule has 0 aliphatic carbocycles. The predicted molar refractivity (Wildman–Crippen MR) is 211 cm³/mol. The Balaban J connectivity index is 1.18. The lowest BCUT2D eigenvalue weighted by Gasteiger charge is -2.14. The first-order valence-corrected chi connectivity index (χ1v) is 17.2. The molecule has 0 aliphatic rings. The zero-order chi connectivity index (χ0) is 33.7. The van der Waals surface area contributed by atoms with Crippen molar-refractivity contribution in [3.63, 3.8) is 0 Å². The van der Waals surface area contributed by atoms with Gasteiger partial charge in [-0.05, 0) is 51.6 Å². The van der Waals surface area contributed by atoms with E-state index in [-0.39, 0.29) is 0 Å². The maximum absolute atomic E-state index is 5.15. The topological polar surface area (TPSA) is 43.6 Å². The van der Waals surface area contributed by atoms with Crippen LogP contribution >= 0.6 is 0 Å². The summed E-state index contributed by atoms with van der Waals surface area (Å²) in [7, 11) is 0. The van der Waals surface area contributed by atoms with Gasteiger partial charge in [0.15, 0.2) is 17.5 Å². The molecule has 4 heteroatoms. The summed E-state index contributed by atoms with van der Waals surface area (Å²) in [4.78, 5) is 15.3. The molecule has 238 valence electrons. The summed E-state index contributed by atoms with van der Waals surface area (Å²) in [5.74, 6) is 1.92. The highest BCUT2D eigenvalue weighted by Crippen LogP contribution is 2.39. The standard InChI is InChI=1S/C47H30N4/c1-3-13-31(14-4-1)32-25-27-34(28-26-32)46-48-45(33-15-5-2-6-16-33)49-47(50-46)40-22-11-21-38-37(40)20-12-24-43(38)51-42-23-10-9-19-39(42)41-29-35-17-7-8-18-36(35)30-44(41)51/h1-30H. The highest BCUT2D eigenvalue weighted by atomic mass is 15.0. The lowest BCUT2D eigenvalue weighted by Crippen LogP contribution is -2.01. The van der Waals surface area contributed by atoms with E-state index >= 15 is 0 Å². The lowest BCUT2D eigenvalue weighted by atomic mass is 10.0. The van der Waals surface area contributed by atoms with Gasteiger partial charge in [0.2, 0.25) is 0 Å². The zero-order valence-corrected chi connectivity index (χ0v) is 27.6. The molecule has 51 heavy (non-hydrogen) atoms. The van der Waals surface area contributed by atoms with Crippen LogP contribution < -0.4 is 0 Å². The Morgan fingerprint density at radius 2 is 0.843 bits per heavy atom. The highest BCUT2D eigenvalue weighted by molar-refractivity contribution is 6.15. The Morgan fingerprint density at radius 1 is 0.314 bits per heavy atom. The Hall–Kier alpha value is -6.91. The number of hydrogen-bond donors (Lipinski definition) is 0. The van der Waals surface area contributed by atoms with E-state index in [1.165, 1.54) is 38.1 Å². The number of rotatable bonds is 5. The third-order valence-corrected chi connectivity index (χ3v) is 9.84. The molecule has 0 amide bonds. The fourth-order valence-electron chi connectivity index (χ4n) is 7.38. The zero-order valence-electron chi connectivity index (χ0n) is 27.6. The average Bonchev–Trinajstić information content (AvgIpc) is 3.53. The number of benzene rings is 8. The molecule has 0 radical (unpaired) electrons. The molecule has 0 atom stereocenters. The van der Waals surface area contributed by atoms with Crippen LogP contribution in [0.5, 0.6) is 0 Å². The Bertz CT molecular complexity index is 2890. The summed E-state index contributed by atoms with van der Waals surface area (Å²) >= 11 is 0. The van der Waals surface area contributed by atoms with Crippen LogP contribution in [-0.2, 0) is 0 Å². The number of fused-ring (bicyclic) bond motifs is 5. The molecule has 0 bridgehead atoms. The van der Waals surface area contributed by atoms with Gasteiger partial charge in [-0.2, -0.15) is 0 Å². The minimum atomic E-state index is 0.640. The minimum absolute atomic E-state index is 0.640. The van der Waals surface area contributed by atoms with Gasteiger partial charge in [0.25, 0.3) is 0 Å². The van der Waals surface area contributed by atoms with Crippen molar-refractivity contribution in [2.45, 2.75) is 0 Å². The molecular formula is C47H30N4. The van der Waals surface area contributed by atoms with E-state index in [0.29, 0.717) is 17.5 Å². The second kappa shape index (κ2) is 11.9. The second-order valence-electron chi connectivity index (χ2n) is 12.9. The lowest BCUT2D eigenvalue weighted by molar-refractivity contribution is 1.08. The van der Waals surface area contributed by atoms with Gasteiger partial charge in [-0.25, -0.2) is 15.0 Å². The van der Waals surface area contributed by atoms with Gasteiger partial charge in [-0.15, -0.1) is 0 Å². The molecule has 0 N–H and O–H groups in total. The van der Waals surface area contributed by atoms with E-state index in [1.54, 1.807) is 0 Å². The summed E-state index contributed by atoms with van der Waals surface area (Å²) in [5.41, 5.74) is 8.64. The molecule has 0 aliphatic heterocycles. The summed E-state index contributed by atoms with van der Waals surface area (Å²) in [6, 6.07) is 63.9. The van der Waals surface area contributed by atoms with E-state index in [1.807, 2.05) is 24.3 Å². The highest BCUT2D eigenvalue weighted by Gasteiger charge is 2.18. The van der Waals surface area contributed by atoms with Gasteiger partial charge < -0.3 is 4.57 Å². The normalized spacial score (nSPS) is 11.5. The van der Waals surface area contributed by atoms with Crippen molar-refractivity contribution in [2.75, 3.05) is 0 Å². The molecule has 2 heterocycles. The maximum Gasteiger partial charge on any atom is 0.164 e. The van der Waals surface area contributed by atoms with Crippen molar-refractivity contribution in [1.29, 1.82) is 0 Å². The van der Waals surface area contributed by atoms with Crippen molar-refractivity contribution in [3.05, 3.63) is 182 Å². The van der Waals surface area contributed by atoms with Crippen LogP contribution in [0.25, 0.3) is 94.3 Å². The Labute approximate surface area is 295 Å². The largest absolute Gasteiger partial charge is 0.309 e. The van der Waals surface area contributed by atoms with Crippen molar-refractivity contribution >= 4 is 43.4 Å². The number of hydrogen-bond acceptors (Lipinski definition) is 3. The van der Waals surface area contributed by atoms with Crippen molar-refractivity contribution in [1.82, 2.24) is 19.5 Å². The van der Waals surface area contributed by atoms with Crippen LogP contribution in [-0.4, -0.2) is 19.5 Å². The van der Waals surface area contributed by atoms with Crippen LogP contribution in [0.3, 0.4) is 0 Å². The van der Waals surface area contributed by atoms with Gasteiger partial charge in [0.1, 0.15) is 0 Å². The smallest absolute Gasteiger partial charge is 0.164 e. The quantitative estimate of drug-likeness (QED) is 0.186. The van der Waals surface area contributed by atoms with Crippen LogP contribution in [0.1, 0.15) is 0 Å². The predicted octanol–water partition coefficient (Wildman–Crippen LogP) is 11.9. The number of nitrogens with zero attached hydrogens (tertiary/aromatic N) is 4. The summed E-state index contributed by atoms with van der Waals surface area (Å²) in [6.07, 6.45) is 0. The van der Waals surface area contributed by atoms with Crippen molar-refractivity contribution in [3.8, 4) is 51.0 Å². The SMILES string of the molecule is c1ccc(-c2ccc(-c3nc(-c4ccccc4)nc(-c4cccc5c(-n6c7ccccc7c7cc8ccccc8cc76)cccc45)n3)cc2)cc1. The molecule has 0 fully saturated rings. The molecular weight excluding hydrogens is 621 g/mol. The first kappa shape index (κ1) is 29.0. The average molecular weight is 651 g/mol. The summed E-state index contributed by atoms with van der Waals surface area (Å²) in [5, 5.41) is 7.14. The Morgan fingerprint density at radius 3 is 1.61 bits per heavy atom. The van der Waals surface area contributed by atoms with Gasteiger partial charge in [-0.1, -0.05) is 158 Å². The van der Waals surface area contributed by atoms with Gasteiger partial charge in [0, 0.05) is 32.8 Å². The van der Waals surface area contributed by atoms with E-state index < -0.39 is 0 Å². The molecule has 0 saturated heterocycles. The van der Waals surface area contributed by atoms with Crippen LogP contribution in [0, 0.1) is 0 Å². The molecule has 10 rings (SSSR count). The molecule has 0 saturated carbocycles. The number of para-hydroxylation sites is 1. The Kier molecular flexibility index (Phi) is 6.78. The number of aromatic nitrogens is 4. The summed E-state index contributed by atoms with van der Waals surface area (Å²) < 4.78 is 2.41. The minimum Gasteiger partial charge on any atom is -0.309 e. The molecule has 0 unspecified atom stereocenters. The van der Waals surface area contributed by atoms with E-state index in [9.17, 15) is 0 Å². The monoisotopic (exact) mass is 650 g/mol. The summed E-state index contributed by atoms with van der Waals surface area (Å²) in [6.45, 7) is 0. The molecule has 8 aromatic carbocycles. The molecule has 0 spiro atoms. The van der Waals surface area contributed by atoms with Crippen molar-refractivity contribution < 1.29 is 0 Å². The molecule has 2 aromatic heterocycles. The second-order valence-corrected chi connectivity index (χ2v) is 12.9. The fraction of sp³-hybridized carbons (Fsp3) is 0. The third kappa shape index (κ3) is 4.96. The van der Waals surface area contributed by atoms with Crippen LogP contribution in [0.4, 0.5) is 0 Å². The van der Waals surface area contributed by atoms with Gasteiger partial charge in [-0.3, -0.25) is 0 Å². The van der Waals surface area contributed by atoms with Crippen molar-refractivity contribution in [2.24, 2.45) is 0 Å². The first-order valence-electron chi connectivity index (χ1n) is 17.2.